The van der Waals surface area contributed by atoms with Gasteiger partial charge >= 0.3 is 0 Å². The van der Waals surface area contributed by atoms with Crippen molar-refractivity contribution < 1.29 is 4.79 Å². The lowest BCUT2D eigenvalue weighted by atomic mass is 9.93. The van der Waals surface area contributed by atoms with Crippen LogP contribution in [-0.4, -0.2) is 27.1 Å². The average Bonchev–Trinajstić information content (AvgIpc) is 3.48. The number of aromatic nitrogens is 2. The van der Waals surface area contributed by atoms with Crippen molar-refractivity contribution in [1.82, 2.24) is 14.7 Å². The summed E-state index contributed by atoms with van der Waals surface area (Å²) >= 11 is 0. The molecule has 0 N–H and O–H groups in total. The number of carbonyl (C=O) groups excluding carboxylic acids is 1. The molecule has 4 nitrogen and oxygen atoms in total. The second kappa shape index (κ2) is 7.94. The van der Waals surface area contributed by atoms with Crippen LogP contribution in [0.4, 0.5) is 0 Å². The van der Waals surface area contributed by atoms with E-state index in [9.17, 15) is 4.79 Å². The zero-order valence-electron chi connectivity index (χ0n) is 17.3. The molecule has 1 amide bonds. The Balaban J connectivity index is 1.52. The van der Waals surface area contributed by atoms with Gasteiger partial charge in [0.1, 0.15) is 0 Å². The summed E-state index contributed by atoms with van der Waals surface area (Å²) in [5.41, 5.74) is 4.71. The molecule has 2 aliphatic carbocycles. The summed E-state index contributed by atoms with van der Waals surface area (Å²) in [6, 6.07) is 10.5. The number of allylic oxidation sites excluding steroid dienone is 2. The Hall–Kier alpha value is -2.36. The number of benzene rings is 1. The highest BCUT2D eigenvalue weighted by molar-refractivity contribution is 5.83. The third-order valence-electron chi connectivity index (χ3n) is 6.51. The standard InChI is InChI=1S/C24H31N3O/c1-17-23(18(2)26(3)25-17)16-27(15-19-10-6-4-7-11-19)24(28)22-14-21(22)20-12-8-5-9-13-20/h4-6,8-9,12-13,19,21-22H,7,10-11,14-16H2,1-3H3/t19-,21+,22-/m1/s1. The molecule has 0 radical (unpaired) electrons. The molecule has 0 unspecified atom stereocenters. The van der Waals surface area contributed by atoms with Gasteiger partial charge in [-0.2, -0.15) is 5.10 Å². The fourth-order valence-corrected chi connectivity index (χ4v) is 4.57. The smallest absolute Gasteiger partial charge is 0.226 e. The summed E-state index contributed by atoms with van der Waals surface area (Å²) in [4.78, 5) is 15.6. The van der Waals surface area contributed by atoms with Gasteiger partial charge in [0.05, 0.1) is 5.69 Å². The molecule has 2 aliphatic rings. The van der Waals surface area contributed by atoms with E-state index in [-0.39, 0.29) is 5.92 Å². The van der Waals surface area contributed by atoms with Crippen LogP contribution in [0.3, 0.4) is 0 Å². The number of amides is 1. The average molecular weight is 378 g/mol. The van der Waals surface area contributed by atoms with E-state index < -0.39 is 0 Å². The van der Waals surface area contributed by atoms with E-state index in [1.807, 2.05) is 17.8 Å². The Labute approximate surface area is 168 Å². The largest absolute Gasteiger partial charge is 0.338 e. The third-order valence-corrected chi connectivity index (χ3v) is 6.51. The minimum atomic E-state index is 0.138. The first-order valence-corrected chi connectivity index (χ1v) is 10.5. The normalized spacial score (nSPS) is 23.6. The molecule has 0 spiro atoms. The highest BCUT2D eigenvalue weighted by atomic mass is 16.2. The predicted molar refractivity (Wildman–Crippen MR) is 112 cm³/mol. The Bertz CT molecular complexity index is 867. The lowest BCUT2D eigenvalue weighted by Crippen LogP contribution is -2.37. The molecular formula is C24H31N3O. The van der Waals surface area contributed by atoms with Gasteiger partial charge in [0, 0.05) is 37.3 Å². The molecule has 1 fully saturated rings. The van der Waals surface area contributed by atoms with Crippen molar-refractivity contribution in [3.63, 3.8) is 0 Å². The molecule has 0 aliphatic heterocycles. The van der Waals surface area contributed by atoms with Gasteiger partial charge < -0.3 is 4.90 Å². The maximum atomic E-state index is 13.5. The molecule has 1 aromatic carbocycles. The van der Waals surface area contributed by atoms with Crippen LogP contribution >= 0.6 is 0 Å². The maximum absolute atomic E-state index is 13.5. The molecule has 4 heteroatoms. The summed E-state index contributed by atoms with van der Waals surface area (Å²) in [7, 11) is 1.98. The minimum Gasteiger partial charge on any atom is -0.338 e. The van der Waals surface area contributed by atoms with Gasteiger partial charge in [0.2, 0.25) is 5.91 Å². The second-order valence-electron chi connectivity index (χ2n) is 8.50. The van der Waals surface area contributed by atoms with Gasteiger partial charge in [-0.05, 0) is 56.9 Å². The minimum absolute atomic E-state index is 0.138. The molecule has 1 saturated carbocycles. The first-order chi connectivity index (χ1) is 13.5. The number of aryl methyl sites for hydroxylation is 2. The summed E-state index contributed by atoms with van der Waals surface area (Å²) in [5, 5.41) is 4.56. The molecule has 148 valence electrons. The molecule has 0 bridgehead atoms. The first kappa shape index (κ1) is 19.0. The Morgan fingerprint density at radius 1 is 1.21 bits per heavy atom. The molecule has 3 atom stereocenters. The van der Waals surface area contributed by atoms with E-state index >= 15 is 0 Å². The zero-order valence-corrected chi connectivity index (χ0v) is 17.3. The second-order valence-corrected chi connectivity index (χ2v) is 8.50. The lowest BCUT2D eigenvalue weighted by Gasteiger charge is -2.29. The SMILES string of the molecule is Cc1nn(C)c(C)c1CN(C[C@@H]1CC=CCC1)C(=O)[C@@H]1C[C@H]1c1ccccc1. The van der Waals surface area contributed by atoms with Crippen molar-refractivity contribution in [3.8, 4) is 0 Å². The van der Waals surface area contributed by atoms with Gasteiger partial charge in [-0.1, -0.05) is 42.5 Å². The monoisotopic (exact) mass is 377 g/mol. The van der Waals surface area contributed by atoms with E-state index in [4.69, 9.17) is 0 Å². The van der Waals surface area contributed by atoms with Crippen molar-refractivity contribution in [2.75, 3.05) is 6.54 Å². The number of hydrogen-bond acceptors (Lipinski definition) is 2. The summed E-state index contributed by atoms with van der Waals surface area (Å²) in [6.45, 7) is 5.70. The molecule has 4 rings (SSSR count). The van der Waals surface area contributed by atoms with Crippen molar-refractivity contribution >= 4 is 5.91 Å². The van der Waals surface area contributed by atoms with Crippen molar-refractivity contribution in [2.24, 2.45) is 18.9 Å². The number of hydrogen-bond donors (Lipinski definition) is 0. The van der Waals surface area contributed by atoms with Crippen LogP contribution in [0, 0.1) is 25.7 Å². The van der Waals surface area contributed by atoms with E-state index in [0.29, 0.717) is 24.3 Å². The fourth-order valence-electron chi connectivity index (χ4n) is 4.57. The molecule has 0 saturated heterocycles. The van der Waals surface area contributed by atoms with E-state index in [2.05, 4.69) is 60.3 Å². The van der Waals surface area contributed by atoms with Crippen LogP contribution in [0.25, 0.3) is 0 Å². The van der Waals surface area contributed by atoms with Crippen molar-refractivity contribution in [2.45, 2.75) is 52.0 Å². The highest BCUT2D eigenvalue weighted by Gasteiger charge is 2.46. The van der Waals surface area contributed by atoms with Crippen molar-refractivity contribution in [1.29, 1.82) is 0 Å². The maximum Gasteiger partial charge on any atom is 0.226 e. The van der Waals surface area contributed by atoms with Crippen LogP contribution < -0.4 is 0 Å². The zero-order chi connectivity index (χ0) is 19.7. The molecule has 1 aromatic heterocycles. The third kappa shape index (κ3) is 3.91. The number of rotatable bonds is 6. The van der Waals surface area contributed by atoms with Gasteiger partial charge in [0.15, 0.2) is 0 Å². The Morgan fingerprint density at radius 2 is 2.00 bits per heavy atom. The van der Waals surface area contributed by atoms with Gasteiger partial charge in [0.25, 0.3) is 0 Å². The molecule has 28 heavy (non-hydrogen) atoms. The topological polar surface area (TPSA) is 38.1 Å². The number of carbonyl (C=O) groups is 1. The van der Waals surface area contributed by atoms with Crippen LogP contribution in [-0.2, 0) is 18.4 Å². The van der Waals surface area contributed by atoms with Gasteiger partial charge in [-0.15, -0.1) is 0 Å². The quantitative estimate of drug-likeness (QED) is 0.694. The fraction of sp³-hybridized carbons (Fsp3) is 0.500. The summed E-state index contributed by atoms with van der Waals surface area (Å²) < 4.78 is 1.93. The molecular weight excluding hydrogens is 346 g/mol. The Kier molecular flexibility index (Phi) is 5.38. The summed E-state index contributed by atoms with van der Waals surface area (Å²) in [5.74, 6) is 1.42. The highest BCUT2D eigenvalue weighted by Crippen LogP contribution is 2.48. The lowest BCUT2D eigenvalue weighted by molar-refractivity contribution is -0.134. The van der Waals surface area contributed by atoms with E-state index in [0.717, 1.165) is 37.2 Å². The predicted octanol–water partition coefficient (Wildman–Crippen LogP) is 4.53. The molecule has 2 aromatic rings. The van der Waals surface area contributed by atoms with Crippen molar-refractivity contribution in [3.05, 3.63) is 65.0 Å². The summed E-state index contributed by atoms with van der Waals surface area (Å²) in [6.07, 6.45) is 8.92. The van der Waals surface area contributed by atoms with Crippen LogP contribution in [0.1, 0.15) is 54.1 Å². The van der Waals surface area contributed by atoms with Crippen LogP contribution in [0.15, 0.2) is 42.5 Å². The first-order valence-electron chi connectivity index (χ1n) is 10.5. The Morgan fingerprint density at radius 3 is 2.64 bits per heavy atom. The number of nitrogens with zero attached hydrogens (tertiary/aromatic N) is 3. The van der Waals surface area contributed by atoms with Crippen LogP contribution in [0.5, 0.6) is 0 Å². The van der Waals surface area contributed by atoms with E-state index in [1.54, 1.807) is 0 Å². The van der Waals surface area contributed by atoms with Crippen LogP contribution in [0.2, 0.25) is 0 Å². The van der Waals surface area contributed by atoms with Gasteiger partial charge in [-0.25, -0.2) is 0 Å². The van der Waals surface area contributed by atoms with Gasteiger partial charge in [-0.3, -0.25) is 9.48 Å². The van der Waals surface area contributed by atoms with E-state index in [1.165, 1.54) is 17.5 Å². The molecule has 1 heterocycles.